The lowest BCUT2D eigenvalue weighted by Crippen LogP contribution is -2.54. The fraction of sp³-hybridized carbons (Fsp3) is 0.857. The van der Waals surface area contributed by atoms with Crippen molar-refractivity contribution in [3.05, 3.63) is 0 Å². The second-order valence-corrected chi connectivity index (χ2v) is 7.09. The number of hydrogen-bond acceptors (Lipinski definition) is 4. The maximum atomic E-state index is 12.9. The van der Waals surface area contributed by atoms with Crippen LogP contribution in [0.5, 0.6) is 0 Å². The van der Waals surface area contributed by atoms with Crippen LogP contribution in [0.25, 0.3) is 0 Å². The number of aliphatic carboxylic acids is 1. The van der Waals surface area contributed by atoms with Crippen molar-refractivity contribution in [2.45, 2.75) is 44.1 Å². The first-order valence-electron chi connectivity index (χ1n) is 7.39. The van der Waals surface area contributed by atoms with Crippen LogP contribution in [0.2, 0.25) is 0 Å². The Balaban J connectivity index is 2.13. The number of nitrogens with zero attached hydrogens (tertiary/aromatic N) is 2. The third-order valence-corrected chi connectivity index (χ3v) is 5.52. The molecule has 3 atom stereocenters. The van der Waals surface area contributed by atoms with Gasteiger partial charge in [0, 0.05) is 25.4 Å². The topological polar surface area (TPSA) is 70.1 Å². The first-order chi connectivity index (χ1) is 9.97. The normalized spacial score (nSPS) is 26.7. The summed E-state index contributed by atoms with van der Waals surface area (Å²) in [6.45, 7) is 4.92. The Bertz CT molecular complexity index is 402. The van der Waals surface area contributed by atoms with Crippen LogP contribution >= 0.6 is 11.8 Å². The summed E-state index contributed by atoms with van der Waals surface area (Å²) in [5.74, 6) is 0.0728. The summed E-state index contributed by atoms with van der Waals surface area (Å²) in [5.41, 5.74) is 0. The molecule has 7 heteroatoms. The maximum Gasteiger partial charge on any atom is 0.327 e. The minimum Gasteiger partial charge on any atom is -0.480 e. The zero-order valence-electron chi connectivity index (χ0n) is 12.8. The van der Waals surface area contributed by atoms with Gasteiger partial charge in [-0.1, -0.05) is 0 Å². The number of methoxy groups -OCH3 is 1. The molecule has 1 aliphatic carbocycles. The Labute approximate surface area is 129 Å². The van der Waals surface area contributed by atoms with Crippen molar-refractivity contribution in [2.75, 3.05) is 26.0 Å². The Hall–Kier alpha value is -0.950. The van der Waals surface area contributed by atoms with E-state index in [1.54, 1.807) is 12.0 Å². The average Bonchev–Trinajstić information content (AvgIpc) is 3.21. The minimum atomic E-state index is -0.925. The number of amides is 2. The molecule has 1 N–H and O–H groups in total. The molecule has 2 aliphatic rings. The molecule has 6 nitrogen and oxygen atoms in total. The number of thioether (sulfide) groups is 1. The molecule has 0 bridgehead atoms. The van der Waals surface area contributed by atoms with E-state index >= 15 is 0 Å². The lowest BCUT2D eigenvalue weighted by molar-refractivity contribution is -0.141. The Morgan fingerprint density at radius 3 is 2.67 bits per heavy atom. The second-order valence-electron chi connectivity index (χ2n) is 5.74. The Morgan fingerprint density at radius 2 is 2.14 bits per heavy atom. The van der Waals surface area contributed by atoms with Gasteiger partial charge in [0.2, 0.25) is 0 Å². The van der Waals surface area contributed by atoms with Crippen LogP contribution in [-0.2, 0) is 9.53 Å². The zero-order chi connectivity index (χ0) is 15.6. The van der Waals surface area contributed by atoms with E-state index in [0.717, 1.165) is 12.8 Å². The lowest BCUT2D eigenvalue weighted by Gasteiger charge is -2.36. The molecule has 0 radical (unpaired) electrons. The molecular formula is C14H24N2O4S. The second kappa shape index (κ2) is 6.87. The standard InChI is InChI=1S/C14H24N2O4S/c1-9(11-4-5-11)15(6-7-20-3)14(19)16-10(2)21-8-12(16)13(17)18/h9-12H,4-8H2,1-3H3,(H,17,18). The lowest BCUT2D eigenvalue weighted by atomic mass is 10.2. The predicted molar refractivity (Wildman–Crippen MR) is 81.3 cm³/mol. The third-order valence-electron chi connectivity index (χ3n) is 4.31. The molecule has 1 heterocycles. The van der Waals surface area contributed by atoms with Gasteiger partial charge in [-0.3, -0.25) is 4.90 Å². The highest BCUT2D eigenvalue weighted by atomic mass is 32.2. The van der Waals surface area contributed by atoms with Crippen molar-refractivity contribution in [3.63, 3.8) is 0 Å². The Kier molecular flexibility index (Phi) is 5.37. The number of rotatable bonds is 6. The van der Waals surface area contributed by atoms with E-state index in [2.05, 4.69) is 6.92 Å². The van der Waals surface area contributed by atoms with Crippen LogP contribution in [0, 0.1) is 5.92 Å². The molecule has 0 aromatic carbocycles. The molecule has 2 amide bonds. The van der Waals surface area contributed by atoms with Gasteiger partial charge in [-0.2, -0.15) is 0 Å². The number of urea groups is 1. The molecule has 0 aromatic heterocycles. The number of carbonyl (C=O) groups excluding carboxylic acids is 1. The number of ether oxygens (including phenoxy) is 1. The number of hydrogen-bond donors (Lipinski definition) is 1. The molecule has 3 unspecified atom stereocenters. The van der Waals surface area contributed by atoms with E-state index in [9.17, 15) is 14.7 Å². The van der Waals surface area contributed by atoms with Gasteiger partial charge in [-0.25, -0.2) is 9.59 Å². The van der Waals surface area contributed by atoms with Gasteiger partial charge in [0.1, 0.15) is 6.04 Å². The van der Waals surface area contributed by atoms with E-state index in [4.69, 9.17) is 4.74 Å². The highest BCUT2D eigenvalue weighted by molar-refractivity contribution is 8.00. The van der Waals surface area contributed by atoms with Crippen molar-refractivity contribution in [1.29, 1.82) is 0 Å². The molecule has 2 fully saturated rings. The summed E-state index contributed by atoms with van der Waals surface area (Å²) in [4.78, 5) is 27.5. The van der Waals surface area contributed by atoms with E-state index < -0.39 is 12.0 Å². The van der Waals surface area contributed by atoms with Crippen LogP contribution in [0.4, 0.5) is 4.79 Å². The highest BCUT2D eigenvalue weighted by Crippen LogP contribution is 2.37. The van der Waals surface area contributed by atoms with Crippen molar-refractivity contribution in [1.82, 2.24) is 9.80 Å². The SMILES string of the molecule is COCCN(C(=O)N1C(C)SCC1C(=O)O)C(C)C1CC1. The van der Waals surface area contributed by atoms with E-state index in [1.165, 1.54) is 16.7 Å². The fourth-order valence-electron chi connectivity index (χ4n) is 2.77. The zero-order valence-corrected chi connectivity index (χ0v) is 13.6. The first kappa shape index (κ1) is 16.4. The number of carbonyl (C=O) groups is 2. The van der Waals surface area contributed by atoms with E-state index in [-0.39, 0.29) is 17.4 Å². The molecular weight excluding hydrogens is 292 g/mol. The fourth-order valence-corrected chi connectivity index (χ4v) is 3.93. The van der Waals surface area contributed by atoms with Crippen molar-refractivity contribution in [3.8, 4) is 0 Å². The molecule has 1 aliphatic heterocycles. The molecule has 120 valence electrons. The van der Waals surface area contributed by atoms with Crippen LogP contribution in [-0.4, -0.2) is 70.4 Å². The van der Waals surface area contributed by atoms with Gasteiger partial charge < -0.3 is 14.7 Å². The molecule has 1 saturated carbocycles. The Morgan fingerprint density at radius 1 is 1.48 bits per heavy atom. The van der Waals surface area contributed by atoms with Crippen LogP contribution in [0.1, 0.15) is 26.7 Å². The predicted octanol–water partition coefficient (Wildman–Crippen LogP) is 1.70. The van der Waals surface area contributed by atoms with Crippen molar-refractivity contribution >= 4 is 23.8 Å². The van der Waals surface area contributed by atoms with Crippen LogP contribution < -0.4 is 0 Å². The van der Waals surface area contributed by atoms with Gasteiger partial charge in [-0.15, -0.1) is 11.8 Å². The maximum absolute atomic E-state index is 12.9. The van der Waals surface area contributed by atoms with Gasteiger partial charge in [0.15, 0.2) is 0 Å². The first-order valence-corrected chi connectivity index (χ1v) is 8.44. The third kappa shape index (κ3) is 3.63. The summed E-state index contributed by atoms with van der Waals surface area (Å²) >= 11 is 1.51. The van der Waals surface area contributed by atoms with Gasteiger partial charge in [0.05, 0.1) is 12.0 Å². The monoisotopic (exact) mass is 316 g/mol. The molecule has 1 saturated heterocycles. The van der Waals surface area contributed by atoms with Crippen LogP contribution in [0.15, 0.2) is 0 Å². The number of carboxylic acids is 1. The summed E-state index contributed by atoms with van der Waals surface area (Å²) in [6, 6.07) is -0.759. The molecule has 0 spiro atoms. The van der Waals surface area contributed by atoms with Crippen LogP contribution in [0.3, 0.4) is 0 Å². The van der Waals surface area contributed by atoms with Gasteiger partial charge in [-0.05, 0) is 32.6 Å². The molecule has 0 aromatic rings. The summed E-state index contributed by atoms with van der Waals surface area (Å²) < 4.78 is 5.10. The smallest absolute Gasteiger partial charge is 0.327 e. The van der Waals surface area contributed by atoms with Crippen molar-refractivity contribution < 1.29 is 19.4 Å². The van der Waals surface area contributed by atoms with Crippen molar-refractivity contribution in [2.24, 2.45) is 5.92 Å². The van der Waals surface area contributed by atoms with E-state index in [0.29, 0.717) is 24.8 Å². The quantitative estimate of drug-likeness (QED) is 0.807. The summed E-state index contributed by atoms with van der Waals surface area (Å²) in [6.07, 6.45) is 2.29. The van der Waals surface area contributed by atoms with Gasteiger partial charge >= 0.3 is 12.0 Å². The average molecular weight is 316 g/mol. The number of carboxylic acid groups (broad SMARTS) is 1. The van der Waals surface area contributed by atoms with Gasteiger partial charge in [0.25, 0.3) is 0 Å². The molecule has 2 rings (SSSR count). The largest absolute Gasteiger partial charge is 0.480 e. The summed E-state index contributed by atoms with van der Waals surface area (Å²) in [7, 11) is 1.61. The minimum absolute atomic E-state index is 0.102. The molecule has 21 heavy (non-hydrogen) atoms. The highest BCUT2D eigenvalue weighted by Gasteiger charge is 2.43. The summed E-state index contributed by atoms with van der Waals surface area (Å²) in [5, 5.41) is 9.22. The van der Waals surface area contributed by atoms with E-state index in [1.807, 2.05) is 6.92 Å².